The second kappa shape index (κ2) is 6.45. The first-order valence-electron chi connectivity index (χ1n) is 8.22. The zero-order valence-electron chi connectivity index (χ0n) is 13.3. The molecule has 0 saturated carbocycles. The van der Waals surface area contributed by atoms with Gasteiger partial charge in [0.1, 0.15) is 0 Å². The Bertz CT molecular complexity index is 866. The molecule has 0 aliphatic carbocycles. The molecule has 0 atom stereocenters. The van der Waals surface area contributed by atoms with Crippen molar-refractivity contribution < 1.29 is 9.53 Å². The van der Waals surface area contributed by atoms with Crippen LogP contribution < -0.4 is 5.32 Å². The Hall–Kier alpha value is -2.66. The molecular formula is C19H19N3O2. The zero-order chi connectivity index (χ0) is 16.4. The minimum Gasteiger partial charge on any atom is -0.381 e. The van der Waals surface area contributed by atoms with Gasteiger partial charge in [0.05, 0.1) is 17.9 Å². The minimum absolute atomic E-state index is 0.118. The van der Waals surface area contributed by atoms with Crippen molar-refractivity contribution in [1.29, 1.82) is 0 Å². The molecule has 5 heteroatoms. The summed E-state index contributed by atoms with van der Waals surface area (Å²) in [6.45, 7) is 1.53. The number of hydrogen-bond acceptors (Lipinski definition) is 3. The van der Waals surface area contributed by atoms with E-state index in [2.05, 4.69) is 10.4 Å². The molecule has 4 rings (SSSR count). The van der Waals surface area contributed by atoms with Gasteiger partial charge in [-0.05, 0) is 35.7 Å². The normalized spacial score (nSPS) is 15.5. The lowest BCUT2D eigenvalue weighted by atomic mass is 10.1. The van der Waals surface area contributed by atoms with Crippen LogP contribution in [0.1, 0.15) is 29.2 Å². The van der Waals surface area contributed by atoms with E-state index in [4.69, 9.17) is 4.74 Å². The number of nitrogens with one attached hydrogen (secondary N) is 1. The van der Waals surface area contributed by atoms with Crippen molar-refractivity contribution in [1.82, 2.24) is 9.78 Å². The number of fused-ring (bicyclic) bond motifs is 1. The second-order valence-electron chi connectivity index (χ2n) is 6.07. The molecular weight excluding hydrogens is 302 g/mol. The molecule has 1 fully saturated rings. The Morgan fingerprint density at radius 3 is 2.75 bits per heavy atom. The highest BCUT2D eigenvalue weighted by Crippen LogP contribution is 2.22. The molecule has 122 valence electrons. The molecule has 0 spiro atoms. The molecule has 1 aliphatic heterocycles. The lowest BCUT2D eigenvalue weighted by Gasteiger charge is -2.22. The number of rotatable bonds is 3. The SMILES string of the molecule is O=C(Nc1cnn(C2CCOCC2)c1)c1ccc2ccccc2c1. The molecule has 2 heterocycles. The fraction of sp³-hybridized carbons (Fsp3) is 0.263. The Labute approximate surface area is 140 Å². The summed E-state index contributed by atoms with van der Waals surface area (Å²) in [5.41, 5.74) is 1.37. The molecule has 2 aromatic carbocycles. The summed E-state index contributed by atoms with van der Waals surface area (Å²) in [5, 5.41) is 9.50. The summed E-state index contributed by atoms with van der Waals surface area (Å²) in [4.78, 5) is 12.5. The standard InChI is InChI=1S/C19H19N3O2/c23-19(16-6-5-14-3-1-2-4-15(14)11-16)21-17-12-20-22(13-17)18-7-9-24-10-8-18/h1-6,11-13,18H,7-10H2,(H,21,23). The van der Waals surface area contributed by atoms with Gasteiger partial charge in [-0.3, -0.25) is 9.48 Å². The maximum Gasteiger partial charge on any atom is 0.255 e. The maximum absolute atomic E-state index is 12.5. The van der Waals surface area contributed by atoms with Crippen molar-refractivity contribution in [3.8, 4) is 0 Å². The fourth-order valence-electron chi connectivity index (χ4n) is 3.09. The van der Waals surface area contributed by atoms with Gasteiger partial charge in [0.15, 0.2) is 0 Å². The topological polar surface area (TPSA) is 56.2 Å². The van der Waals surface area contributed by atoms with Gasteiger partial charge in [-0.25, -0.2) is 0 Å². The van der Waals surface area contributed by atoms with Crippen LogP contribution in [0.3, 0.4) is 0 Å². The highest BCUT2D eigenvalue weighted by atomic mass is 16.5. The number of nitrogens with zero attached hydrogens (tertiary/aromatic N) is 2. The summed E-state index contributed by atoms with van der Waals surface area (Å²) in [6, 6.07) is 14.1. The van der Waals surface area contributed by atoms with Gasteiger partial charge in [0.2, 0.25) is 0 Å². The highest BCUT2D eigenvalue weighted by Gasteiger charge is 2.17. The Morgan fingerprint density at radius 1 is 1.12 bits per heavy atom. The van der Waals surface area contributed by atoms with Crippen LogP contribution in [0.5, 0.6) is 0 Å². The second-order valence-corrected chi connectivity index (χ2v) is 6.07. The van der Waals surface area contributed by atoms with E-state index in [9.17, 15) is 4.79 Å². The third kappa shape index (κ3) is 3.03. The highest BCUT2D eigenvalue weighted by molar-refractivity contribution is 6.06. The van der Waals surface area contributed by atoms with Crippen molar-refractivity contribution in [2.75, 3.05) is 18.5 Å². The number of anilines is 1. The van der Waals surface area contributed by atoms with Crippen LogP contribution in [0.4, 0.5) is 5.69 Å². The maximum atomic E-state index is 12.5. The summed E-state index contributed by atoms with van der Waals surface area (Å²) in [7, 11) is 0. The summed E-state index contributed by atoms with van der Waals surface area (Å²) in [5.74, 6) is -0.118. The van der Waals surface area contributed by atoms with Crippen LogP contribution >= 0.6 is 0 Å². The molecule has 5 nitrogen and oxygen atoms in total. The molecule has 3 aromatic rings. The van der Waals surface area contributed by atoms with Gasteiger partial charge in [-0.1, -0.05) is 30.3 Å². The van der Waals surface area contributed by atoms with E-state index in [0.717, 1.165) is 42.5 Å². The minimum atomic E-state index is -0.118. The lowest BCUT2D eigenvalue weighted by molar-refractivity contribution is 0.0662. The number of carbonyl (C=O) groups excluding carboxylic acids is 1. The van der Waals surface area contributed by atoms with Crippen LogP contribution in [-0.4, -0.2) is 28.9 Å². The van der Waals surface area contributed by atoms with Gasteiger partial charge < -0.3 is 10.1 Å². The Balaban J connectivity index is 1.49. The zero-order valence-corrected chi connectivity index (χ0v) is 13.3. The van der Waals surface area contributed by atoms with Gasteiger partial charge in [0, 0.05) is 25.0 Å². The number of ether oxygens (including phenoxy) is 1. The average molecular weight is 321 g/mol. The van der Waals surface area contributed by atoms with E-state index in [1.807, 2.05) is 53.3 Å². The number of aromatic nitrogens is 2. The molecule has 0 radical (unpaired) electrons. The van der Waals surface area contributed by atoms with E-state index in [0.29, 0.717) is 11.6 Å². The van der Waals surface area contributed by atoms with Crippen molar-refractivity contribution in [2.24, 2.45) is 0 Å². The average Bonchev–Trinajstić information content (AvgIpc) is 3.10. The van der Waals surface area contributed by atoms with E-state index in [1.54, 1.807) is 6.20 Å². The molecule has 1 aromatic heterocycles. The Kier molecular flexibility index (Phi) is 4.01. The van der Waals surface area contributed by atoms with E-state index in [-0.39, 0.29) is 5.91 Å². The van der Waals surface area contributed by atoms with Crippen LogP contribution in [0.2, 0.25) is 0 Å². The summed E-state index contributed by atoms with van der Waals surface area (Å²) >= 11 is 0. The fourth-order valence-corrected chi connectivity index (χ4v) is 3.09. The monoisotopic (exact) mass is 321 g/mol. The molecule has 1 saturated heterocycles. The van der Waals surface area contributed by atoms with Crippen LogP contribution in [0.25, 0.3) is 10.8 Å². The van der Waals surface area contributed by atoms with E-state index in [1.165, 1.54) is 0 Å². The van der Waals surface area contributed by atoms with Crippen LogP contribution in [0.15, 0.2) is 54.9 Å². The van der Waals surface area contributed by atoms with Crippen LogP contribution in [-0.2, 0) is 4.74 Å². The van der Waals surface area contributed by atoms with Crippen molar-refractivity contribution in [3.05, 3.63) is 60.4 Å². The predicted molar refractivity (Wildman–Crippen MR) is 93.2 cm³/mol. The summed E-state index contributed by atoms with van der Waals surface area (Å²) < 4.78 is 7.30. The third-order valence-electron chi connectivity index (χ3n) is 4.44. The summed E-state index contributed by atoms with van der Waals surface area (Å²) in [6.07, 6.45) is 5.52. The van der Waals surface area contributed by atoms with Gasteiger partial charge in [-0.2, -0.15) is 5.10 Å². The Morgan fingerprint density at radius 2 is 1.92 bits per heavy atom. The number of amides is 1. The first-order valence-corrected chi connectivity index (χ1v) is 8.22. The molecule has 24 heavy (non-hydrogen) atoms. The first kappa shape index (κ1) is 14.9. The van der Waals surface area contributed by atoms with Crippen molar-refractivity contribution in [3.63, 3.8) is 0 Å². The molecule has 0 bridgehead atoms. The molecule has 1 amide bonds. The molecule has 1 N–H and O–H groups in total. The van der Waals surface area contributed by atoms with E-state index >= 15 is 0 Å². The largest absolute Gasteiger partial charge is 0.381 e. The first-order chi connectivity index (χ1) is 11.8. The van der Waals surface area contributed by atoms with Gasteiger partial charge in [0.25, 0.3) is 5.91 Å². The molecule has 1 aliphatic rings. The molecule has 0 unspecified atom stereocenters. The number of benzene rings is 2. The quantitative estimate of drug-likeness (QED) is 0.801. The van der Waals surface area contributed by atoms with Gasteiger partial charge in [-0.15, -0.1) is 0 Å². The third-order valence-corrected chi connectivity index (χ3v) is 4.44. The predicted octanol–water partition coefficient (Wildman–Crippen LogP) is 3.64. The lowest BCUT2D eigenvalue weighted by Crippen LogP contribution is -2.19. The number of hydrogen-bond donors (Lipinski definition) is 1. The van der Waals surface area contributed by atoms with Gasteiger partial charge >= 0.3 is 0 Å². The number of carbonyl (C=O) groups is 1. The van der Waals surface area contributed by atoms with Crippen molar-refractivity contribution in [2.45, 2.75) is 18.9 Å². The van der Waals surface area contributed by atoms with Crippen LogP contribution in [0, 0.1) is 0 Å². The van der Waals surface area contributed by atoms with E-state index < -0.39 is 0 Å². The smallest absolute Gasteiger partial charge is 0.255 e. The van der Waals surface area contributed by atoms with Crippen molar-refractivity contribution >= 4 is 22.4 Å².